The predicted molar refractivity (Wildman–Crippen MR) is 49.9 cm³/mol. The van der Waals surface area contributed by atoms with E-state index >= 15 is 0 Å². The Morgan fingerprint density at radius 3 is 3.07 bits per heavy atom. The molecule has 0 amide bonds. The van der Waals surface area contributed by atoms with Gasteiger partial charge in [0.2, 0.25) is 0 Å². The Kier molecular flexibility index (Phi) is 4.78. The van der Waals surface area contributed by atoms with E-state index in [9.17, 15) is 4.79 Å². The van der Waals surface area contributed by atoms with Crippen LogP contribution < -0.4 is 0 Å². The molecule has 78 valence electrons. The number of carbonyl (C=O) groups excluding carboxylic acids is 1. The molecule has 0 aliphatic carbocycles. The van der Waals surface area contributed by atoms with Gasteiger partial charge in [-0.2, -0.15) is 0 Å². The lowest BCUT2D eigenvalue weighted by molar-refractivity contribution is -0.145. The van der Waals surface area contributed by atoms with E-state index in [1.807, 2.05) is 12.1 Å². The molecule has 0 aliphatic rings. The summed E-state index contributed by atoms with van der Waals surface area (Å²) < 4.78 is 14.6. The summed E-state index contributed by atoms with van der Waals surface area (Å²) in [6.45, 7) is 0.560. The minimum absolute atomic E-state index is 0.0225. The Morgan fingerprint density at radius 1 is 1.57 bits per heavy atom. The standard InChI is InChI=1S/C10H14O4/c1-12-10(11)8-13-6-2-4-9-5-3-7-14-9/h3,5,7H,2,4,6,8H2,1H3. The third-order valence-corrected chi connectivity index (χ3v) is 1.74. The quantitative estimate of drug-likeness (QED) is 0.512. The Labute approximate surface area is 82.8 Å². The highest BCUT2D eigenvalue weighted by atomic mass is 16.6. The molecule has 0 spiro atoms. The molecular formula is C10H14O4. The molecule has 0 aromatic carbocycles. The average molecular weight is 198 g/mol. The molecule has 0 N–H and O–H groups in total. The fourth-order valence-corrected chi connectivity index (χ4v) is 1.02. The molecule has 0 radical (unpaired) electrons. The third-order valence-electron chi connectivity index (χ3n) is 1.74. The van der Waals surface area contributed by atoms with E-state index in [4.69, 9.17) is 9.15 Å². The van der Waals surface area contributed by atoms with Gasteiger partial charge in [-0.15, -0.1) is 0 Å². The first-order valence-electron chi connectivity index (χ1n) is 4.50. The van der Waals surface area contributed by atoms with E-state index in [1.165, 1.54) is 7.11 Å². The predicted octanol–water partition coefficient (Wildman–Crippen LogP) is 1.40. The Morgan fingerprint density at radius 2 is 2.43 bits per heavy atom. The summed E-state index contributed by atoms with van der Waals surface area (Å²) in [7, 11) is 1.34. The van der Waals surface area contributed by atoms with Crippen molar-refractivity contribution < 1.29 is 18.7 Å². The number of methoxy groups -OCH3 is 1. The van der Waals surface area contributed by atoms with Gasteiger partial charge in [-0.3, -0.25) is 0 Å². The van der Waals surface area contributed by atoms with Gasteiger partial charge in [0.15, 0.2) is 0 Å². The number of carbonyl (C=O) groups is 1. The fraction of sp³-hybridized carbons (Fsp3) is 0.500. The van der Waals surface area contributed by atoms with Crippen LogP contribution in [0.4, 0.5) is 0 Å². The van der Waals surface area contributed by atoms with E-state index in [-0.39, 0.29) is 12.6 Å². The molecule has 0 saturated heterocycles. The smallest absolute Gasteiger partial charge is 0.331 e. The summed E-state index contributed by atoms with van der Waals surface area (Å²) in [5.41, 5.74) is 0. The van der Waals surface area contributed by atoms with Crippen molar-refractivity contribution in [1.82, 2.24) is 0 Å². The van der Waals surface area contributed by atoms with E-state index in [2.05, 4.69) is 4.74 Å². The Bertz CT molecular complexity index is 253. The van der Waals surface area contributed by atoms with Crippen LogP contribution in [0.15, 0.2) is 22.8 Å². The second-order valence-corrected chi connectivity index (χ2v) is 2.81. The largest absolute Gasteiger partial charge is 0.469 e. The highest BCUT2D eigenvalue weighted by Gasteiger charge is 2.00. The second-order valence-electron chi connectivity index (χ2n) is 2.81. The molecule has 1 aromatic heterocycles. The SMILES string of the molecule is COC(=O)COCCCc1ccco1. The molecule has 4 heteroatoms. The van der Waals surface area contributed by atoms with Gasteiger partial charge in [-0.1, -0.05) is 0 Å². The van der Waals surface area contributed by atoms with Gasteiger partial charge in [0, 0.05) is 13.0 Å². The highest BCUT2D eigenvalue weighted by Crippen LogP contribution is 2.03. The van der Waals surface area contributed by atoms with Crippen LogP contribution >= 0.6 is 0 Å². The maximum absolute atomic E-state index is 10.6. The number of esters is 1. The minimum atomic E-state index is -0.344. The van der Waals surface area contributed by atoms with Crippen LogP contribution in [0.5, 0.6) is 0 Å². The molecule has 0 atom stereocenters. The number of rotatable bonds is 6. The van der Waals surface area contributed by atoms with Crippen molar-refractivity contribution >= 4 is 5.97 Å². The lowest BCUT2D eigenvalue weighted by Crippen LogP contribution is -2.11. The fourth-order valence-electron chi connectivity index (χ4n) is 1.02. The van der Waals surface area contributed by atoms with Crippen LogP contribution in [0.25, 0.3) is 0 Å². The van der Waals surface area contributed by atoms with Crippen molar-refractivity contribution in [3.05, 3.63) is 24.2 Å². The lowest BCUT2D eigenvalue weighted by Gasteiger charge is -2.01. The van der Waals surface area contributed by atoms with Gasteiger partial charge >= 0.3 is 5.97 Å². The zero-order chi connectivity index (χ0) is 10.2. The summed E-state index contributed by atoms with van der Waals surface area (Å²) >= 11 is 0. The third kappa shape index (κ3) is 4.09. The summed E-state index contributed by atoms with van der Waals surface area (Å²) in [5.74, 6) is 0.592. The van der Waals surface area contributed by atoms with E-state index in [0.717, 1.165) is 18.6 Å². The molecule has 0 aliphatic heterocycles. The molecule has 4 nitrogen and oxygen atoms in total. The molecule has 1 rings (SSSR count). The van der Waals surface area contributed by atoms with Gasteiger partial charge in [-0.25, -0.2) is 4.79 Å². The normalized spacial score (nSPS) is 10.1. The molecule has 0 unspecified atom stereocenters. The first-order valence-corrected chi connectivity index (χ1v) is 4.50. The number of hydrogen-bond donors (Lipinski definition) is 0. The molecule has 0 fully saturated rings. The van der Waals surface area contributed by atoms with E-state index < -0.39 is 0 Å². The maximum Gasteiger partial charge on any atom is 0.331 e. The summed E-state index contributed by atoms with van der Waals surface area (Å²) in [4.78, 5) is 10.6. The molecule has 0 saturated carbocycles. The first-order chi connectivity index (χ1) is 6.83. The van der Waals surface area contributed by atoms with E-state index in [1.54, 1.807) is 6.26 Å². The van der Waals surface area contributed by atoms with Gasteiger partial charge in [-0.05, 0) is 18.6 Å². The highest BCUT2D eigenvalue weighted by molar-refractivity contribution is 5.70. The number of aryl methyl sites for hydroxylation is 1. The summed E-state index contributed by atoms with van der Waals surface area (Å²) in [6.07, 6.45) is 3.31. The molecular weight excluding hydrogens is 184 g/mol. The minimum Gasteiger partial charge on any atom is -0.469 e. The number of ether oxygens (including phenoxy) is 2. The summed E-state index contributed by atoms with van der Waals surface area (Å²) in [6, 6.07) is 3.77. The van der Waals surface area contributed by atoms with Crippen LogP contribution in [0.3, 0.4) is 0 Å². The lowest BCUT2D eigenvalue weighted by atomic mass is 10.3. The number of furan rings is 1. The number of hydrogen-bond acceptors (Lipinski definition) is 4. The monoisotopic (exact) mass is 198 g/mol. The van der Waals surface area contributed by atoms with Gasteiger partial charge in [0.05, 0.1) is 13.4 Å². The molecule has 1 heterocycles. The Hall–Kier alpha value is -1.29. The topological polar surface area (TPSA) is 48.7 Å². The van der Waals surface area contributed by atoms with Crippen molar-refractivity contribution in [3.8, 4) is 0 Å². The molecule has 14 heavy (non-hydrogen) atoms. The zero-order valence-electron chi connectivity index (χ0n) is 8.19. The van der Waals surface area contributed by atoms with Crippen LogP contribution in [0.2, 0.25) is 0 Å². The van der Waals surface area contributed by atoms with Crippen molar-refractivity contribution in [2.45, 2.75) is 12.8 Å². The van der Waals surface area contributed by atoms with Crippen LogP contribution in [0.1, 0.15) is 12.2 Å². The van der Waals surface area contributed by atoms with Gasteiger partial charge in [0.1, 0.15) is 12.4 Å². The van der Waals surface area contributed by atoms with Crippen molar-refractivity contribution in [2.24, 2.45) is 0 Å². The Balaban J connectivity index is 1.97. The second kappa shape index (κ2) is 6.21. The van der Waals surface area contributed by atoms with Crippen LogP contribution in [-0.4, -0.2) is 26.3 Å². The summed E-state index contributed by atoms with van der Waals surface area (Å²) in [5, 5.41) is 0. The molecule has 1 aromatic rings. The van der Waals surface area contributed by atoms with Gasteiger partial charge < -0.3 is 13.9 Å². The van der Waals surface area contributed by atoms with E-state index in [0.29, 0.717) is 6.61 Å². The van der Waals surface area contributed by atoms with Crippen molar-refractivity contribution in [1.29, 1.82) is 0 Å². The van der Waals surface area contributed by atoms with Gasteiger partial charge in [0.25, 0.3) is 0 Å². The van der Waals surface area contributed by atoms with Crippen molar-refractivity contribution in [3.63, 3.8) is 0 Å². The maximum atomic E-state index is 10.6. The first kappa shape index (κ1) is 10.8. The van der Waals surface area contributed by atoms with Crippen molar-refractivity contribution in [2.75, 3.05) is 20.3 Å². The molecule has 0 bridgehead atoms. The van der Waals surface area contributed by atoms with Crippen LogP contribution in [0, 0.1) is 0 Å². The zero-order valence-corrected chi connectivity index (χ0v) is 8.19. The van der Waals surface area contributed by atoms with Crippen LogP contribution in [-0.2, 0) is 20.7 Å². The average Bonchev–Trinajstić information content (AvgIpc) is 2.69.